The minimum absolute atomic E-state index is 0.436. The Morgan fingerprint density at radius 2 is 0.716 bits per heavy atom. The normalized spacial score (nSPS) is 13.3. The van der Waals surface area contributed by atoms with Crippen LogP contribution < -0.4 is 5.46 Å². The van der Waals surface area contributed by atoms with E-state index >= 15 is 0 Å². The number of hydrogen-bond donors (Lipinski definition) is 0. The summed E-state index contributed by atoms with van der Waals surface area (Å²) in [4.78, 5) is 29.0. The van der Waals surface area contributed by atoms with Crippen molar-refractivity contribution in [1.82, 2.24) is 29.9 Å². The lowest BCUT2D eigenvalue weighted by Gasteiger charge is -2.32. The molecular weight excluding hydrogens is 1210 g/mol. The van der Waals surface area contributed by atoms with Gasteiger partial charge in [0.1, 0.15) is 0 Å². The molecule has 0 N–H and O–H groups in total. The minimum atomic E-state index is -0.511. The Bertz CT molecular complexity index is 3420. The number of rotatable bonds is 8. The molecule has 1 fully saturated rings. The molecule has 1 aliphatic heterocycles. The van der Waals surface area contributed by atoms with Gasteiger partial charge in [0.2, 0.25) is 0 Å². The van der Waals surface area contributed by atoms with E-state index in [4.69, 9.17) is 62.4 Å². The van der Waals surface area contributed by atoms with Gasteiger partial charge in [-0.3, -0.25) is 0 Å². The molecule has 11 rings (SSSR count). The molecule has 0 bridgehead atoms. The number of hydrogen-bond acceptors (Lipinski definition) is 8. The Balaban J connectivity index is 0.000000156. The van der Waals surface area contributed by atoms with E-state index in [-0.39, 0.29) is 0 Å². The van der Waals surface area contributed by atoms with Gasteiger partial charge >= 0.3 is 7.12 Å². The van der Waals surface area contributed by atoms with Crippen LogP contribution in [-0.2, 0) is 9.31 Å². The van der Waals surface area contributed by atoms with Crippen LogP contribution in [0.1, 0.15) is 27.7 Å². The largest absolute Gasteiger partial charge is 0.495 e. The highest BCUT2D eigenvalue weighted by Gasteiger charge is 2.52. The lowest BCUT2D eigenvalue weighted by Crippen LogP contribution is -2.41. The number of benzene rings is 8. The molecule has 0 radical (unpaired) electrons. The Hall–Kier alpha value is -5.97. The van der Waals surface area contributed by atoms with E-state index in [1.807, 2.05) is 200 Å². The maximum absolute atomic E-state index is 6.35. The molecule has 0 atom stereocenters. The zero-order valence-electron chi connectivity index (χ0n) is 40.6. The summed E-state index contributed by atoms with van der Waals surface area (Å²) in [5, 5.41) is 1.45. The van der Waals surface area contributed by atoms with Crippen LogP contribution in [0.25, 0.3) is 79.5 Å². The lowest BCUT2D eigenvalue weighted by molar-refractivity contribution is 0.00578. The van der Waals surface area contributed by atoms with Gasteiger partial charge in [-0.2, -0.15) is 0 Å². The Morgan fingerprint density at radius 3 is 1.14 bits per heavy atom. The zero-order valence-corrected chi connectivity index (χ0v) is 47.4. The fourth-order valence-corrected chi connectivity index (χ4v) is 9.57. The highest BCUT2D eigenvalue weighted by Crippen LogP contribution is 2.39. The van der Waals surface area contributed by atoms with Crippen molar-refractivity contribution in [3.05, 3.63) is 229 Å². The molecule has 8 nitrogen and oxygen atoms in total. The quantitative estimate of drug-likeness (QED) is 0.0843. The number of nitrogens with zero attached hydrogens (tertiary/aromatic N) is 6. The first-order valence-electron chi connectivity index (χ1n) is 23.6. The fraction of sp³-hybridized carbons (Fsp3) is 0.100. The molecule has 3 heterocycles. The van der Waals surface area contributed by atoms with Gasteiger partial charge in [-0.1, -0.05) is 209 Å². The van der Waals surface area contributed by atoms with Gasteiger partial charge in [0.15, 0.2) is 34.9 Å². The van der Waals surface area contributed by atoms with Gasteiger partial charge < -0.3 is 9.31 Å². The van der Waals surface area contributed by atoms with Crippen LogP contribution in [0.2, 0.25) is 10.0 Å². The molecule has 0 saturated carbocycles. The third kappa shape index (κ3) is 12.6. The molecule has 0 aliphatic carbocycles. The summed E-state index contributed by atoms with van der Waals surface area (Å²) in [5.74, 6) is 3.73. The van der Waals surface area contributed by atoms with Gasteiger partial charge in [0.25, 0.3) is 0 Å². The topological polar surface area (TPSA) is 95.8 Å². The summed E-state index contributed by atoms with van der Waals surface area (Å²) in [6, 6.07) is 67.4. The van der Waals surface area contributed by atoms with E-state index in [0.29, 0.717) is 40.0 Å². The van der Waals surface area contributed by atoms with Crippen molar-refractivity contribution in [3.63, 3.8) is 0 Å². The minimum Gasteiger partial charge on any atom is -0.399 e. The summed E-state index contributed by atoms with van der Waals surface area (Å²) >= 11 is 21.3. The van der Waals surface area contributed by atoms with E-state index < -0.39 is 18.3 Å². The molecule has 74 heavy (non-hydrogen) atoms. The van der Waals surface area contributed by atoms with Crippen molar-refractivity contribution < 1.29 is 9.31 Å². The first-order chi connectivity index (χ1) is 35.7. The maximum Gasteiger partial charge on any atom is 0.495 e. The van der Waals surface area contributed by atoms with Crippen LogP contribution >= 0.6 is 77.7 Å². The molecule has 0 amide bonds. The molecule has 366 valence electrons. The second kappa shape index (κ2) is 23.7. The lowest BCUT2D eigenvalue weighted by atomic mass is 9.75. The summed E-state index contributed by atoms with van der Waals surface area (Å²) in [6.07, 6.45) is 0. The summed E-state index contributed by atoms with van der Waals surface area (Å²) in [5.41, 5.74) is 7.53. The molecule has 2 aromatic heterocycles. The third-order valence-corrected chi connectivity index (χ3v) is 15.9. The third-order valence-electron chi connectivity index (χ3n) is 12.4. The molecule has 1 saturated heterocycles. The van der Waals surface area contributed by atoms with E-state index in [0.717, 1.165) is 67.5 Å². The molecule has 14 heteroatoms. The Morgan fingerprint density at radius 1 is 0.378 bits per heavy atom. The smallest absolute Gasteiger partial charge is 0.399 e. The van der Waals surface area contributed by atoms with Crippen LogP contribution in [0.15, 0.2) is 215 Å². The highest BCUT2D eigenvalue weighted by atomic mass is 127. The molecule has 10 aromatic rings. The maximum atomic E-state index is 6.35. The van der Waals surface area contributed by atoms with Crippen molar-refractivity contribution in [3.8, 4) is 79.5 Å². The second-order valence-electron chi connectivity index (χ2n) is 18.0. The van der Waals surface area contributed by atoms with Gasteiger partial charge in [0, 0.05) is 55.9 Å². The number of aromatic nitrogens is 6. The first-order valence-corrected chi connectivity index (χ1v) is 27.0. The van der Waals surface area contributed by atoms with Crippen molar-refractivity contribution in [2.24, 2.45) is 0 Å². The summed E-state index contributed by atoms with van der Waals surface area (Å²) < 4.78 is 15.9. The van der Waals surface area contributed by atoms with Crippen molar-refractivity contribution in [1.29, 1.82) is 0 Å². The average Bonchev–Trinajstić information content (AvgIpc) is 3.66. The summed E-state index contributed by atoms with van der Waals surface area (Å²) in [6.45, 7) is 8.22. The zero-order chi connectivity index (χ0) is 51.8. The van der Waals surface area contributed by atoms with E-state index in [1.165, 1.54) is 0 Å². The molecule has 0 spiro atoms. The van der Waals surface area contributed by atoms with E-state index in [2.05, 4.69) is 88.2 Å². The predicted octanol–water partition coefficient (Wildman–Crippen LogP) is 16.8. The van der Waals surface area contributed by atoms with Crippen LogP contribution in [0.4, 0.5) is 0 Å². The Kier molecular flexibility index (Phi) is 16.9. The fourth-order valence-electron chi connectivity index (χ4n) is 7.82. The highest BCUT2D eigenvalue weighted by molar-refractivity contribution is 14.1. The molecular formula is C60H46BBr2Cl2IN6O2. The molecule has 1 aliphatic rings. The second-order valence-corrected chi connectivity index (χ2v) is 21.7. The van der Waals surface area contributed by atoms with Gasteiger partial charge in [-0.15, -0.1) is 0 Å². The standard InChI is InChI=1S/C27H26BN3O2.C27H17BrClN3.C6H3BrClI/c1-26(2)27(3,4)33-28(32-26)22-18-12-11-17-21(22)25-30-23(19-13-7-5-8-14-19)29-24(31-25)20-15-9-6-10-16-20;28-24-16-15-20(29)17-23(24)21-13-7-8-14-22(21)27-31-25(18-9-3-1-4-10-18)30-26(32-27)19-11-5-2-6-12-19;7-5-2-1-4(8)3-6(5)9/h5-18H,1-4H3;1-17H;1-3H. The van der Waals surface area contributed by atoms with Crippen LogP contribution in [-0.4, -0.2) is 48.2 Å². The SMILES string of the molecule is CC1(C)OB(c2ccccc2-c2nc(-c3ccccc3)nc(-c3ccccc3)n2)OC1(C)C.Clc1ccc(Br)c(-c2ccccc2-c2nc(-c3ccccc3)nc(-c3ccccc3)n2)c1.Clc1ccc(Br)c(I)c1. The van der Waals surface area contributed by atoms with Gasteiger partial charge in [-0.25, -0.2) is 29.9 Å². The molecule has 0 unspecified atom stereocenters. The van der Waals surface area contributed by atoms with Crippen LogP contribution in [0.3, 0.4) is 0 Å². The summed E-state index contributed by atoms with van der Waals surface area (Å²) in [7, 11) is -0.511. The van der Waals surface area contributed by atoms with Gasteiger partial charge in [-0.05, 0) is 119 Å². The van der Waals surface area contributed by atoms with Gasteiger partial charge in [0.05, 0.1) is 11.2 Å². The van der Waals surface area contributed by atoms with E-state index in [9.17, 15) is 0 Å². The predicted molar refractivity (Wildman–Crippen MR) is 318 cm³/mol. The average molecular weight is 1250 g/mol. The first kappa shape index (κ1) is 52.9. The van der Waals surface area contributed by atoms with Crippen LogP contribution in [0.5, 0.6) is 0 Å². The van der Waals surface area contributed by atoms with Crippen molar-refractivity contribution in [2.75, 3.05) is 0 Å². The van der Waals surface area contributed by atoms with Crippen LogP contribution in [0, 0.1) is 3.57 Å². The Labute approximate surface area is 472 Å². The molecule has 8 aromatic carbocycles. The van der Waals surface area contributed by atoms with E-state index in [1.54, 1.807) is 0 Å². The number of halogens is 5. The van der Waals surface area contributed by atoms with Crippen molar-refractivity contribution >= 4 is 90.2 Å². The van der Waals surface area contributed by atoms with Crippen molar-refractivity contribution in [2.45, 2.75) is 38.9 Å². The monoisotopic (exact) mass is 1250 g/mol.